The van der Waals surface area contributed by atoms with E-state index < -0.39 is 0 Å². The van der Waals surface area contributed by atoms with Crippen molar-refractivity contribution in [1.82, 2.24) is 9.55 Å². The Balaban J connectivity index is 1.87. The molecule has 112 valence electrons. The highest BCUT2D eigenvalue weighted by Crippen LogP contribution is 2.43. The number of hydrogen-bond donors (Lipinski definition) is 1. The maximum Gasteiger partial charge on any atom is 0.114 e. The number of nitrogens with two attached hydrogens (primary N) is 1. The third kappa shape index (κ3) is 2.36. The fourth-order valence-corrected chi connectivity index (χ4v) is 4.01. The monoisotopic (exact) mass is 303 g/mol. The summed E-state index contributed by atoms with van der Waals surface area (Å²) in [5.41, 5.74) is 8.62. The lowest BCUT2D eigenvalue weighted by Gasteiger charge is -2.22. The number of fused-ring (bicyclic) bond motifs is 1. The highest BCUT2D eigenvalue weighted by molar-refractivity contribution is 6.35. The highest BCUT2D eigenvalue weighted by atomic mass is 35.5. The third-order valence-electron chi connectivity index (χ3n) is 5.00. The molecule has 4 rings (SSSR count). The van der Waals surface area contributed by atoms with Crippen LogP contribution in [0.5, 0.6) is 0 Å². The molecule has 0 amide bonds. The van der Waals surface area contributed by atoms with Crippen LogP contribution in [0, 0.1) is 0 Å². The molecule has 0 bridgehead atoms. The number of benzene rings is 1. The average molecular weight is 304 g/mol. The van der Waals surface area contributed by atoms with Crippen LogP contribution in [0.3, 0.4) is 0 Å². The van der Waals surface area contributed by atoms with Crippen molar-refractivity contribution in [2.75, 3.05) is 0 Å². The molecule has 2 aliphatic rings. The normalized spacial score (nSPS) is 27.0. The van der Waals surface area contributed by atoms with Crippen LogP contribution < -0.4 is 5.73 Å². The molecule has 1 aromatic heterocycles. The number of rotatable bonds is 2. The van der Waals surface area contributed by atoms with Crippen LogP contribution >= 0.6 is 11.6 Å². The lowest BCUT2D eigenvalue weighted by atomic mass is 9.94. The van der Waals surface area contributed by atoms with Gasteiger partial charge in [-0.25, -0.2) is 4.98 Å². The molecule has 3 nitrogen and oxygen atoms in total. The van der Waals surface area contributed by atoms with E-state index in [1.54, 1.807) is 0 Å². The Labute approximate surface area is 130 Å². The molecular weight excluding hydrogens is 282 g/mol. The van der Waals surface area contributed by atoms with Crippen LogP contribution in [0.4, 0.5) is 0 Å². The van der Waals surface area contributed by atoms with Gasteiger partial charge in [-0.05, 0) is 37.8 Å². The number of aromatic nitrogens is 2. The van der Waals surface area contributed by atoms with Gasteiger partial charge in [-0.2, -0.15) is 0 Å². The molecule has 1 aromatic carbocycles. The van der Waals surface area contributed by atoms with Gasteiger partial charge in [0.1, 0.15) is 5.82 Å². The fraction of sp³-hybridized carbons (Fsp3) is 0.588. The van der Waals surface area contributed by atoms with Gasteiger partial charge >= 0.3 is 0 Å². The first-order valence-corrected chi connectivity index (χ1v) is 8.55. The van der Waals surface area contributed by atoms with E-state index in [0.717, 1.165) is 28.9 Å². The zero-order chi connectivity index (χ0) is 14.4. The first-order valence-electron chi connectivity index (χ1n) is 8.17. The highest BCUT2D eigenvalue weighted by Gasteiger charge is 2.34. The predicted molar refractivity (Wildman–Crippen MR) is 86.8 cm³/mol. The molecule has 1 heterocycles. The van der Waals surface area contributed by atoms with Crippen molar-refractivity contribution >= 4 is 22.6 Å². The van der Waals surface area contributed by atoms with Gasteiger partial charge in [0.15, 0.2) is 0 Å². The van der Waals surface area contributed by atoms with Crippen molar-refractivity contribution in [1.29, 1.82) is 0 Å². The Morgan fingerprint density at radius 3 is 2.71 bits per heavy atom. The minimum atomic E-state index is 0.237. The first-order chi connectivity index (χ1) is 10.3. The van der Waals surface area contributed by atoms with E-state index in [1.807, 2.05) is 12.1 Å². The maximum absolute atomic E-state index is 6.47. The zero-order valence-corrected chi connectivity index (χ0v) is 13.0. The Hall–Kier alpha value is -1.06. The molecule has 2 aromatic rings. The molecule has 2 N–H and O–H groups in total. The summed E-state index contributed by atoms with van der Waals surface area (Å²) in [5.74, 6) is 1.58. The minimum absolute atomic E-state index is 0.237. The Bertz CT molecular complexity index is 659. The second kappa shape index (κ2) is 5.29. The van der Waals surface area contributed by atoms with Gasteiger partial charge in [-0.1, -0.05) is 36.9 Å². The molecule has 4 heteroatoms. The van der Waals surface area contributed by atoms with Crippen molar-refractivity contribution in [2.45, 2.75) is 62.9 Å². The topological polar surface area (TPSA) is 43.8 Å². The van der Waals surface area contributed by atoms with E-state index in [-0.39, 0.29) is 6.04 Å². The number of imidazole rings is 1. The summed E-state index contributed by atoms with van der Waals surface area (Å²) in [4.78, 5) is 4.95. The van der Waals surface area contributed by atoms with E-state index in [2.05, 4.69) is 10.6 Å². The molecule has 0 saturated heterocycles. The summed E-state index contributed by atoms with van der Waals surface area (Å²) >= 11 is 6.46. The van der Waals surface area contributed by atoms with Gasteiger partial charge in [0.2, 0.25) is 0 Å². The zero-order valence-electron chi connectivity index (χ0n) is 12.3. The van der Waals surface area contributed by atoms with Crippen LogP contribution in [0.2, 0.25) is 5.02 Å². The van der Waals surface area contributed by atoms with Crippen LogP contribution in [0.15, 0.2) is 18.2 Å². The maximum atomic E-state index is 6.47. The van der Waals surface area contributed by atoms with Crippen molar-refractivity contribution < 1.29 is 0 Å². The molecule has 0 aliphatic heterocycles. The summed E-state index contributed by atoms with van der Waals surface area (Å²) in [6, 6.07) is 6.86. The Morgan fingerprint density at radius 1 is 1.10 bits per heavy atom. The second-order valence-electron chi connectivity index (χ2n) is 6.59. The van der Waals surface area contributed by atoms with Crippen molar-refractivity contribution in [2.24, 2.45) is 5.73 Å². The van der Waals surface area contributed by atoms with E-state index in [0.29, 0.717) is 12.0 Å². The van der Waals surface area contributed by atoms with Crippen LogP contribution in [-0.4, -0.2) is 15.6 Å². The van der Waals surface area contributed by atoms with Crippen LogP contribution in [0.25, 0.3) is 11.0 Å². The van der Waals surface area contributed by atoms with Gasteiger partial charge in [0, 0.05) is 18.0 Å². The van der Waals surface area contributed by atoms with Crippen LogP contribution in [-0.2, 0) is 0 Å². The van der Waals surface area contributed by atoms with Gasteiger partial charge in [0.25, 0.3) is 0 Å². The van der Waals surface area contributed by atoms with E-state index >= 15 is 0 Å². The summed E-state index contributed by atoms with van der Waals surface area (Å²) in [6.45, 7) is 0. The molecular formula is C17H22ClN3. The third-order valence-corrected chi connectivity index (χ3v) is 5.31. The minimum Gasteiger partial charge on any atom is -0.327 e. The molecule has 0 radical (unpaired) electrons. The lowest BCUT2D eigenvalue weighted by Crippen LogP contribution is -2.29. The summed E-state index contributed by atoms with van der Waals surface area (Å²) in [6.07, 6.45) is 8.58. The number of halogens is 1. The molecule has 2 saturated carbocycles. The summed E-state index contributed by atoms with van der Waals surface area (Å²) in [7, 11) is 0. The van der Waals surface area contributed by atoms with Crippen molar-refractivity contribution in [3.8, 4) is 0 Å². The SMILES string of the molecule is NC1CCCCCC1c1nc2cccc(Cl)c2n1C1CC1. The largest absolute Gasteiger partial charge is 0.327 e. The molecule has 2 unspecified atom stereocenters. The molecule has 21 heavy (non-hydrogen) atoms. The van der Waals surface area contributed by atoms with E-state index in [9.17, 15) is 0 Å². The Kier molecular flexibility index (Phi) is 3.43. The summed E-state index contributed by atoms with van der Waals surface area (Å²) < 4.78 is 2.41. The van der Waals surface area contributed by atoms with Crippen LogP contribution in [0.1, 0.15) is 62.7 Å². The lowest BCUT2D eigenvalue weighted by molar-refractivity contribution is 0.465. The van der Waals surface area contributed by atoms with Crippen molar-refractivity contribution in [3.05, 3.63) is 29.0 Å². The van der Waals surface area contributed by atoms with Gasteiger partial charge in [-0.15, -0.1) is 0 Å². The average Bonchev–Trinajstić information content (AvgIpc) is 3.26. The molecule has 2 aliphatic carbocycles. The van der Waals surface area contributed by atoms with E-state index in [4.69, 9.17) is 22.3 Å². The molecule has 0 spiro atoms. The van der Waals surface area contributed by atoms with Gasteiger partial charge in [-0.3, -0.25) is 0 Å². The number of hydrogen-bond acceptors (Lipinski definition) is 2. The predicted octanol–water partition coefficient (Wildman–Crippen LogP) is 4.40. The van der Waals surface area contributed by atoms with Crippen molar-refractivity contribution in [3.63, 3.8) is 0 Å². The smallest absolute Gasteiger partial charge is 0.114 e. The molecule has 2 fully saturated rings. The standard InChI is InChI=1S/C17H22ClN3/c18-13-6-4-8-15-16(13)21(11-9-10-11)17(20-15)12-5-2-1-3-7-14(12)19/h4,6,8,11-12,14H,1-3,5,7,9-10,19H2. The second-order valence-corrected chi connectivity index (χ2v) is 6.99. The van der Waals surface area contributed by atoms with E-state index in [1.165, 1.54) is 37.9 Å². The van der Waals surface area contributed by atoms with Gasteiger partial charge < -0.3 is 10.3 Å². The Morgan fingerprint density at radius 2 is 1.90 bits per heavy atom. The number of para-hydroxylation sites is 1. The first kappa shape index (κ1) is 13.6. The van der Waals surface area contributed by atoms with Gasteiger partial charge in [0.05, 0.1) is 16.1 Å². The summed E-state index contributed by atoms with van der Waals surface area (Å²) in [5, 5.41) is 0.820. The molecule has 2 atom stereocenters. The fourth-order valence-electron chi connectivity index (χ4n) is 3.75. The quantitative estimate of drug-likeness (QED) is 0.836. The number of nitrogens with zero attached hydrogens (tertiary/aromatic N) is 2.